The molecule has 1 aliphatic heterocycles. The first-order chi connectivity index (χ1) is 15.3. The summed E-state index contributed by atoms with van der Waals surface area (Å²) < 4.78 is 45.5. The van der Waals surface area contributed by atoms with E-state index >= 15 is 0 Å². The lowest BCUT2D eigenvalue weighted by Gasteiger charge is -2.27. The minimum Gasteiger partial charge on any atom is -0.454 e. The van der Waals surface area contributed by atoms with Gasteiger partial charge < -0.3 is 14.6 Å². The molecule has 166 valence electrons. The summed E-state index contributed by atoms with van der Waals surface area (Å²) in [7, 11) is 0. The first kappa shape index (κ1) is 21.7. The van der Waals surface area contributed by atoms with E-state index in [-0.39, 0.29) is 24.8 Å². The van der Waals surface area contributed by atoms with E-state index in [4.69, 9.17) is 4.42 Å². The van der Waals surface area contributed by atoms with Gasteiger partial charge in [0.05, 0.1) is 17.7 Å². The fourth-order valence-electron chi connectivity index (χ4n) is 3.74. The summed E-state index contributed by atoms with van der Waals surface area (Å²) in [5.74, 6) is -0.528. The number of halogens is 3. The number of nitrogens with one attached hydrogen (secondary N) is 1. The van der Waals surface area contributed by atoms with E-state index in [1.165, 1.54) is 23.1 Å². The minimum absolute atomic E-state index is 0.0116. The highest BCUT2D eigenvalue weighted by atomic mass is 19.4. The Morgan fingerprint density at radius 3 is 2.50 bits per heavy atom. The maximum absolute atomic E-state index is 13.3. The van der Waals surface area contributed by atoms with Gasteiger partial charge in [-0.15, -0.1) is 0 Å². The molecule has 2 aromatic carbocycles. The smallest absolute Gasteiger partial charge is 0.417 e. The van der Waals surface area contributed by atoms with Crippen LogP contribution in [-0.4, -0.2) is 29.8 Å². The van der Waals surface area contributed by atoms with Gasteiger partial charge in [-0.25, -0.2) is 0 Å². The number of furan rings is 1. The zero-order valence-electron chi connectivity index (χ0n) is 17.1. The van der Waals surface area contributed by atoms with Crippen molar-refractivity contribution in [3.8, 4) is 0 Å². The van der Waals surface area contributed by atoms with Crippen LogP contribution < -0.4 is 5.32 Å². The zero-order chi connectivity index (χ0) is 22.7. The van der Waals surface area contributed by atoms with Gasteiger partial charge in [-0.2, -0.15) is 13.2 Å². The highest BCUT2D eigenvalue weighted by Gasteiger charge is 2.36. The van der Waals surface area contributed by atoms with E-state index in [0.717, 1.165) is 17.2 Å². The SMILES string of the molecule is O=C(NCCc1ccccc1)c1cc2c(o1)CN(C(=O)c1ccccc1C(F)(F)F)CC2. The third-order valence-corrected chi connectivity index (χ3v) is 5.40. The largest absolute Gasteiger partial charge is 0.454 e. The van der Waals surface area contributed by atoms with E-state index in [0.29, 0.717) is 25.1 Å². The second-order valence-corrected chi connectivity index (χ2v) is 7.57. The number of hydrogen-bond acceptors (Lipinski definition) is 3. The lowest BCUT2D eigenvalue weighted by molar-refractivity contribution is -0.138. The van der Waals surface area contributed by atoms with Gasteiger partial charge >= 0.3 is 6.18 Å². The number of carbonyl (C=O) groups excluding carboxylic acids is 2. The van der Waals surface area contributed by atoms with E-state index in [1.807, 2.05) is 30.3 Å². The maximum Gasteiger partial charge on any atom is 0.417 e. The van der Waals surface area contributed by atoms with Crippen LogP contribution in [0.25, 0.3) is 0 Å². The van der Waals surface area contributed by atoms with Crippen molar-refractivity contribution in [2.24, 2.45) is 0 Å². The molecule has 2 amide bonds. The molecule has 0 atom stereocenters. The van der Waals surface area contributed by atoms with Crippen LogP contribution in [0.4, 0.5) is 13.2 Å². The molecule has 4 rings (SSSR count). The van der Waals surface area contributed by atoms with Gasteiger partial charge in [-0.1, -0.05) is 42.5 Å². The predicted octanol–water partition coefficient (Wildman–Crippen LogP) is 4.47. The van der Waals surface area contributed by atoms with Crippen LogP contribution in [0, 0.1) is 0 Å². The average Bonchev–Trinajstić information content (AvgIpc) is 3.22. The quantitative estimate of drug-likeness (QED) is 0.634. The van der Waals surface area contributed by atoms with Crippen LogP contribution in [0.1, 0.15) is 43.4 Å². The van der Waals surface area contributed by atoms with Gasteiger partial charge in [0.2, 0.25) is 0 Å². The Morgan fingerprint density at radius 2 is 1.75 bits per heavy atom. The molecule has 2 heterocycles. The van der Waals surface area contributed by atoms with Gasteiger partial charge in [0.25, 0.3) is 11.8 Å². The van der Waals surface area contributed by atoms with Gasteiger partial charge in [0.15, 0.2) is 5.76 Å². The second-order valence-electron chi connectivity index (χ2n) is 7.57. The average molecular weight is 442 g/mol. The highest BCUT2D eigenvalue weighted by Crippen LogP contribution is 2.33. The Morgan fingerprint density at radius 1 is 1.03 bits per heavy atom. The Bertz CT molecular complexity index is 1120. The Balaban J connectivity index is 1.42. The first-order valence-corrected chi connectivity index (χ1v) is 10.2. The molecule has 8 heteroatoms. The van der Waals surface area contributed by atoms with Crippen molar-refractivity contribution in [2.75, 3.05) is 13.1 Å². The molecule has 3 aromatic rings. The van der Waals surface area contributed by atoms with E-state index < -0.39 is 23.2 Å². The summed E-state index contributed by atoms with van der Waals surface area (Å²) in [6.07, 6.45) is -3.55. The van der Waals surface area contributed by atoms with Gasteiger partial charge in [0.1, 0.15) is 5.76 Å². The van der Waals surface area contributed by atoms with Crippen molar-refractivity contribution >= 4 is 11.8 Å². The van der Waals surface area contributed by atoms with Crippen molar-refractivity contribution < 1.29 is 27.2 Å². The molecule has 0 bridgehead atoms. The van der Waals surface area contributed by atoms with Crippen LogP contribution in [0.2, 0.25) is 0 Å². The number of rotatable bonds is 5. The topological polar surface area (TPSA) is 62.6 Å². The van der Waals surface area contributed by atoms with Crippen LogP contribution >= 0.6 is 0 Å². The number of carbonyl (C=O) groups is 2. The molecule has 32 heavy (non-hydrogen) atoms. The summed E-state index contributed by atoms with van der Waals surface area (Å²) >= 11 is 0. The number of fused-ring (bicyclic) bond motifs is 1. The van der Waals surface area contributed by atoms with Crippen molar-refractivity contribution in [3.63, 3.8) is 0 Å². The molecule has 0 saturated carbocycles. The highest BCUT2D eigenvalue weighted by molar-refractivity contribution is 5.96. The number of benzene rings is 2. The monoisotopic (exact) mass is 442 g/mol. The molecule has 5 nitrogen and oxygen atoms in total. The molecule has 0 fully saturated rings. The van der Waals surface area contributed by atoms with Crippen molar-refractivity contribution in [2.45, 2.75) is 25.6 Å². The normalized spacial score (nSPS) is 13.5. The molecule has 1 N–H and O–H groups in total. The summed E-state index contributed by atoms with van der Waals surface area (Å²) in [5, 5.41) is 2.80. The Labute approximate surface area is 182 Å². The first-order valence-electron chi connectivity index (χ1n) is 10.2. The number of hydrogen-bond donors (Lipinski definition) is 1. The second kappa shape index (κ2) is 8.90. The van der Waals surface area contributed by atoms with E-state index in [9.17, 15) is 22.8 Å². The molecule has 0 saturated heterocycles. The van der Waals surface area contributed by atoms with E-state index in [1.54, 1.807) is 6.07 Å². The third kappa shape index (κ3) is 4.69. The number of alkyl halides is 3. The molecular weight excluding hydrogens is 421 g/mol. The summed E-state index contributed by atoms with van der Waals surface area (Å²) in [5.41, 5.74) is 0.522. The number of nitrogens with zero attached hydrogens (tertiary/aromatic N) is 1. The fourth-order valence-corrected chi connectivity index (χ4v) is 3.74. The molecular formula is C24H21F3N2O3. The Hall–Kier alpha value is -3.55. The summed E-state index contributed by atoms with van der Waals surface area (Å²) in [4.78, 5) is 26.5. The van der Waals surface area contributed by atoms with Crippen LogP contribution in [0.3, 0.4) is 0 Å². The predicted molar refractivity (Wildman–Crippen MR) is 111 cm³/mol. The zero-order valence-corrected chi connectivity index (χ0v) is 17.1. The van der Waals surface area contributed by atoms with Crippen molar-refractivity contribution in [1.29, 1.82) is 0 Å². The molecule has 0 unspecified atom stereocenters. The summed E-state index contributed by atoms with van der Waals surface area (Å²) in [6.45, 7) is 0.692. The van der Waals surface area contributed by atoms with E-state index in [2.05, 4.69) is 5.32 Å². The minimum atomic E-state index is -4.62. The van der Waals surface area contributed by atoms with Gasteiger partial charge in [-0.05, 0) is 42.2 Å². The van der Waals surface area contributed by atoms with Crippen LogP contribution in [0.5, 0.6) is 0 Å². The van der Waals surface area contributed by atoms with Crippen LogP contribution in [0.15, 0.2) is 65.1 Å². The fraction of sp³-hybridized carbons (Fsp3) is 0.250. The standard InChI is InChI=1S/C24H21F3N2O3/c25-24(26,27)19-9-5-4-8-18(19)23(31)29-13-11-17-14-20(32-21(17)15-29)22(30)28-12-10-16-6-2-1-3-7-16/h1-9,14H,10-13,15H2,(H,28,30). The molecule has 1 aromatic heterocycles. The van der Waals surface area contributed by atoms with Crippen molar-refractivity contribution in [3.05, 3.63) is 94.4 Å². The lowest BCUT2D eigenvalue weighted by Crippen LogP contribution is -2.36. The molecule has 0 aliphatic carbocycles. The lowest BCUT2D eigenvalue weighted by atomic mass is 10.0. The van der Waals surface area contributed by atoms with Gasteiger partial charge in [0, 0.05) is 13.1 Å². The van der Waals surface area contributed by atoms with Crippen LogP contribution in [-0.2, 0) is 25.6 Å². The molecule has 0 radical (unpaired) electrons. The summed E-state index contributed by atoms with van der Waals surface area (Å²) in [6, 6.07) is 16.1. The Kier molecular flexibility index (Phi) is 6.03. The van der Waals surface area contributed by atoms with Crippen molar-refractivity contribution in [1.82, 2.24) is 10.2 Å². The molecule has 0 spiro atoms. The third-order valence-electron chi connectivity index (χ3n) is 5.40. The number of amides is 2. The molecule has 1 aliphatic rings. The van der Waals surface area contributed by atoms with Gasteiger partial charge in [-0.3, -0.25) is 9.59 Å². The maximum atomic E-state index is 13.3.